The topological polar surface area (TPSA) is 69.2 Å². The number of carboxylic acids is 1. The van der Waals surface area contributed by atoms with E-state index in [1.54, 1.807) is 0 Å². The van der Waals surface area contributed by atoms with Gasteiger partial charge < -0.3 is 15.2 Å². The number of carbonyl (C=O) groups is 2. The van der Waals surface area contributed by atoms with Gasteiger partial charge in [0.15, 0.2) is 0 Å². The molecule has 1 atom stereocenters. The van der Waals surface area contributed by atoms with E-state index in [0.29, 0.717) is 12.8 Å². The maximum atomic E-state index is 11.6. The molecule has 4 nitrogen and oxygen atoms in total. The van der Waals surface area contributed by atoms with Crippen molar-refractivity contribution >= 4 is 11.9 Å². The Balaban J connectivity index is 0. The summed E-state index contributed by atoms with van der Waals surface area (Å²) < 4.78 is 0. The molecule has 20 heavy (non-hydrogen) atoms. The minimum atomic E-state index is -1.18. The number of hydrogen-bond acceptors (Lipinski definition) is 3. The Labute approximate surface area is 145 Å². The minimum Gasteiger partial charge on any atom is -0.548 e. The fourth-order valence-corrected chi connectivity index (χ4v) is 1.99. The number of carboxylic acid groups (broad SMARTS) is 1. The summed E-state index contributed by atoms with van der Waals surface area (Å²) in [6.07, 6.45) is 9.29. The SMILES string of the molecule is CCCCCCCCC(=O)NC(CCCC)C(=O)[O-].[Na+]. The van der Waals surface area contributed by atoms with Gasteiger partial charge in [-0.1, -0.05) is 58.8 Å². The molecular formula is C15H28NNaO3. The van der Waals surface area contributed by atoms with Gasteiger partial charge in [-0.15, -0.1) is 0 Å². The van der Waals surface area contributed by atoms with Crippen LogP contribution in [0.5, 0.6) is 0 Å². The predicted octanol–water partition coefficient (Wildman–Crippen LogP) is -0.834. The molecule has 0 bridgehead atoms. The molecule has 1 N–H and O–H groups in total. The molecule has 1 unspecified atom stereocenters. The van der Waals surface area contributed by atoms with E-state index in [4.69, 9.17) is 0 Å². The maximum Gasteiger partial charge on any atom is 1.00 e. The van der Waals surface area contributed by atoms with Gasteiger partial charge >= 0.3 is 29.6 Å². The molecule has 5 heteroatoms. The van der Waals surface area contributed by atoms with E-state index in [1.807, 2.05) is 6.92 Å². The molecule has 0 aromatic heterocycles. The molecule has 0 aromatic carbocycles. The van der Waals surface area contributed by atoms with Gasteiger partial charge in [0.25, 0.3) is 0 Å². The van der Waals surface area contributed by atoms with Gasteiger partial charge in [0, 0.05) is 6.42 Å². The molecule has 0 aromatic rings. The summed E-state index contributed by atoms with van der Waals surface area (Å²) in [4.78, 5) is 22.5. The summed E-state index contributed by atoms with van der Waals surface area (Å²) in [5, 5.41) is 13.4. The zero-order valence-electron chi connectivity index (χ0n) is 13.4. The van der Waals surface area contributed by atoms with Crippen molar-refractivity contribution < 1.29 is 44.3 Å². The van der Waals surface area contributed by atoms with Gasteiger partial charge in [0.2, 0.25) is 5.91 Å². The van der Waals surface area contributed by atoms with Crippen molar-refractivity contribution in [1.29, 1.82) is 0 Å². The smallest absolute Gasteiger partial charge is 0.548 e. The van der Waals surface area contributed by atoms with Crippen LogP contribution in [-0.4, -0.2) is 17.9 Å². The second-order valence-electron chi connectivity index (χ2n) is 5.10. The largest absolute Gasteiger partial charge is 1.00 e. The first-order valence-electron chi connectivity index (χ1n) is 7.62. The standard InChI is InChI=1S/C15H29NO3.Na/c1-3-5-7-8-9-10-12-14(17)16-13(15(18)19)11-6-4-2;/h13H,3-12H2,1-2H3,(H,16,17)(H,18,19);/q;+1/p-1. The third kappa shape index (κ3) is 12.9. The minimum absolute atomic E-state index is 0. The number of carbonyl (C=O) groups excluding carboxylic acids is 2. The van der Waals surface area contributed by atoms with Gasteiger partial charge in [-0.05, 0) is 12.8 Å². The normalized spacial score (nSPS) is 11.5. The Kier molecular flexibility index (Phi) is 17.0. The first-order chi connectivity index (χ1) is 9.11. The molecule has 1 amide bonds. The van der Waals surface area contributed by atoms with E-state index in [1.165, 1.54) is 19.3 Å². The van der Waals surface area contributed by atoms with Crippen LogP contribution in [0.3, 0.4) is 0 Å². The van der Waals surface area contributed by atoms with E-state index in [9.17, 15) is 14.7 Å². The van der Waals surface area contributed by atoms with Crippen LogP contribution >= 0.6 is 0 Å². The summed E-state index contributed by atoms with van der Waals surface area (Å²) in [6.45, 7) is 4.16. The van der Waals surface area contributed by atoms with Crippen molar-refractivity contribution in [3.63, 3.8) is 0 Å². The second kappa shape index (κ2) is 15.3. The molecule has 0 aliphatic heterocycles. The van der Waals surface area contributed by atoms with Crippen LogP contribution in [0.2, 0.25) is 0 Å². The Hall–Kier alpha value is -0.0600. The van der Waals surface area contributed by atoms with E-state index in [-0.39, 0.29) is 35.5 Å². The molecule has 112 valence electrons. The van der Waals surface area contributed by atoms with Gasteiger partial charge in [0.1, 0.15) is 0 Å². The van der Waals surface area contributed by atoms with Gasteiger partial charge in [-0.3, -0.25) is 4.79 Å². The third-order valence-corrected chi connectivity index (χ3v) is 3.22. The average Bonchev–Trinajstić information content (AvgIpc) is 2.38. The van der Waals surface area contributed by atoms with Crippen LogP contribution < -0.4 is 40.0 Å². The van der Waals surface area contributed by atoms with Crippen molar-refractivity contribution in [3.8, 4) is 0 Å². The number of rotatable bonds is 12. The quantitative estimate of drug-likeness (QED) is 0.377. The van der Waals surface area contributed by atoms with Crippen LogP contribution in [0.4, 0.5) is 0 Å². The van der Waals surface area contributed by atoms with Gasteiger partial charge in [-0.2, -0.15) is 0 Å². The third-order valence-electron chi connectivity index (χ3n) is 3.22. The van der Waals surface area contributed by atoms with Crippen LogP contribution in [0.1, 0.15) is 78.1 Å². The summed E-state index contributed by atoms with van der Waals surface area (Å²) >= 11 is 0. The molecule has 0 aliphatic rings. The summed E-state index contributed by atoms with van der Waals surface area (Å²) in [5.41, 5.74) is 0. The molecule has 0 heterocycles. The van der Waals surface area contributed by atoms with Crippen LogP contribution in [-0.2, 0) is 9.59 Å². The van der Waals surface area contributed by atoms with Crippen molar-refractivity contribution in [2.45, 2.75) is 84.1 Å². The number of unbranched alkanes of at least 4 members (excludes halogenated alkanes) is 6. The first kappa shape index (κ1) is 22.2. The van der Waals surface area contributed by atoms with Crippen LogP contribution in [0, 0.1) is 0 Å². The number of nitrogens with one attached hydrogen (secondary N) is 1. The predicted molar refractivity (Wildman–Crippen MR) is 74.5 cm³/mol. The Morgan fingerprint density at radius 1 is 0.950 bits per heavy atom. The number of hydrogen-bond donors (Lipinski definition) is 1. The molecule has 0 radical (unpaired) electrons. The second-order valence-corrected chi connectivity index (χ2v) is 5.10. The van der Waals surface area contributed by atoms with E-state index in [2.05, 4.69) is 12.2 Å². The van der Waals surface area contributed by atoms with Crippen molar-refractivity contribution in [1.82, 2.24) is 5.32 Å². The molecule has 0 spiro atoms. The molecule has 0 fully saturated rings. The first-order valence-corrected chi connectivity index (χ1v) is 7.62. The summed E-state index contributed by atoms with van der Waals surface area (Å²) in [6, 6.07) is -0.826. The van der Waals surface area contributed by atoms with Crippen molar-refractivity contribution in [2.75, 3.05) is 0 Å². The maximum absolute atomic E-state index is 11.6. The van der Waals surface area contributed by atoms with Gasteiger partial charge in [0.05, 0.1) is 12.0 Å². The van der Waals surface area contributed by atoms with E-state index < -0.39 is 12.0 Å². The average molecular weight is 293 g/mol. The number of amides is 1. The van der Waals surface area contributed by atoms with Crippen LogP contribution in [0.15, 0.2) is 0 Å². The van der Waals surface area contributed by atoms with E-state index >= 15 is 0 Å². The molecule has 0 saturated carbocycles. The van der Waals surface area contributed by atoms with E-state index in [0.717, 1.165) is 32.1 Å². The Morgan fingerprint density at radius 3 is 2.05 bits per heavy atom. The fourth-order valence-electron chi connectivity index (χ4n) is 1.99. The van der Waals surface area contributed by atoms with Crippen molar-refractivity contribution in [2.24, 2.45) is 0 Å². The molecule has 0 aliphatic carbocycles. The zero-order chi connectivity index (χ0) is 14.5. The van der Waals surface area contributed by atoms with Crippen molar-refractivity contribution in [3.05, 3.63) is 0 Å². The number of aliphatic carboxylic acids is 1. The Morgan fingerprint density at radius 2 is 1.50 bits per heavy atom. The molecule has 0 rings (SSSR count). The summed E-state index contributed by atoms with van der Waals surface area (Å²) in [7, 11) is 0. The molecular weight excluding hydrogens is 265 g/mol. The molecule has 0 saturated heterocycles. The fraction of sp³-hybridized carbons (Fsp3) is 0.867. The van der Waals surface area contributed by atoms with Gasteiger partial charge in [-0.25, -0.2) is 0 Å². The summed E-state index contributed by atoms with van der Waals surface area (Å²) in [5.74, 6) is -1.34. The monoisotopic (exact) mass is 293 g/mol. The Bertz CT molecular complexity index is 260. The van der Waals surface area contributed by atoms with Crippen LogP contribution in [0.25, 0.3) is 0 Å². The zero-order valence-corrected chi connectivity index (χ0v) is 15.4.